The number of para-hydroxylation sites is 1. The third kappa shape index (κ3) is 3.01. The van der Waals surface area contributed by atoms with Crippen LogP contribution in [0.1, 0.15) is 0 Å². The Morgan fingerprint density at radius 1 is 0.826 bits per heavy atom. The monoisotopic (exact) mass is 305 g/mol. The van der Waals surface area contributed by atoms with Gasteiger partial charge in [0.25, 0.3) is 0 Å². The number of fused-ring (bicyclic) bond motifs is 1. The molecule has 3 aromatic carbocycles. The zero-order chi connectivity index (χ0) is 16.2. The molecule has 0 aliphatic carbocycles. The van der Waals surface area contributed by atoms with E-state index in [0.29, 0.717) is 11.4 Å². The summed E-state index contributed by atoms with van der Waals surface area (Å²) in [6.07, 6.45) is 0. The van der Waals surface area contributed by atoms with Crippen LogP contribution in [-0.2, 0) is 0 Å². The van der Waals surface area contributed by atoms with E-state index in [1.54, 1.807) is 7.11 Å². The van der Waals surface area contributed by atoms with Crippen LogP contribution in [0, 0.1) is 0 Å². The molecule has 0 aliphatic rings. The summed E-state index contributed by atoms with van der Waals surface area (Å²) in [7, 11) is 5.65. The molecular weight excluding hydrogens is 286 g/mol. The van der Waals surface area contributed by atoms with E-state index in [9.17, 15) is 0 Å². The highest BCUT2D eigenvalue weighted by molar-refractivity contribution is 5.98. The minimum atomic E-state index is 0.711. The largest absolute Gasteiger partial charge is 0.494 e. The maximum Gasteiger partial charge on any atom is 0.146 e. The summed E-state index contributed by atoms with van der Waals surface area (Å²) in [5.74, 6) is 0.711. The van der Waals surface area contributed by atoms with Gasteiger partial charge in [-0.05, 0) is 23.6 Å². The lowest BCUT2D eigenvalue weighted by molar-refractivity contribution is 0.416. The lowest BCUT2D eigenvalue weighted by Crippen LogP contribution is -2.08. The predicted molar refractivity (Wildman–Crippen MR) is 95.4 cm³/mol. The third-order valence-corrected chi connectivity index (χ3v) is 3.70. The van der Waals surface area contributed by atoms with E-state index in [2.05, 4.69) is 34.5 Å². The average molecular weight is 305 g/mol. The molecular formula is C19H19N3O. The van der Waals surface area contributed by atoms with E-state index in [-0.39, 0.29) is 0 Å². The molecule has 4 heteroatoms. The molecule has 23 heavy (non-hydrogen) atoms. The molecule has 0 aromatic heterocycles. The van der Waals surface area contributed by atoms with Crippen LogP contribution in [0.3, 0.4) is 0 Å². The maximum atomic E-state index is 5.33. The van der Waals surface area contributed by atoms with Crippen LogP contribution in [0.15, 0.2) is 70.9 Å². The van der Waals surface area contributed by atoms with E-state index in [4.69, 9.17) is 4.74 Å². The highest BCUT2D eigenvalue weighted by Crippen LogP contribution is 2.37. The van der Waals surface area contributed by atoms with Crippen molar-refractivity contribution >= 4 is 27.8 Å². The number of anilines is 1. The predicted octanol–water partition coefficient (Wildman–Crippen LogP) is 5.33. The summed E-state index contributed by atoms with van der Waals surface area (Å²) in [5, 5.41) is 11.2. The molecule has 0 radical (unpaired) electrons. The molecule has 4 nitrogen and oxygen atoms in total. The minimum Gasteiger partial charge on any atom is -0.494 e. The number of nitrogens with zero attached hydrogens (tertiary/aromatic N) is 3. The van der Waals surface area contributed by atoms with Gasteiger partial charge in [-0.3, -0.25) is 0 Å². The van der Waals surface area contributed by atoms with Crippen molar-refractivity contribution in [2.75, 3.05) is 26.1 Å². The SMILES string of the molecule is COc1ccccc1N=Nc1c(N(C)C)ccc2ccccc12. The number of methoxy groups -OCH3 is 1. The van der Waals surface area contributed by atoms with Crippen LogP contribution in [0.5, 0.6) is 5.75 Å². The van der Waals surface area contributed by atoms with Gasteiger partial charge in [-0.1, -0.05) is 42.5 Å². The van der Waals surface area contributed by atoms with E-state index in [1.807, 2.05) is 55.4 Å². The summed E-state index contributed by atoms with van der Waals surface area (Å²) >= 11 is 0. The van der Waals surface area contributed by atoms with Crippen molar-refractivity contribution < 1.29 is 4.74 Å². The third-order valence-electron chi connectivity index (χ3n) is 3.70. The number of hydrogen-bond acceptors (Lipinski definition) is 4. The molecule has 0 spiro atoms. The minimum absolute atomic E-state index is 0.711. The highest BCUT2D eigenvalue weighted by Gasteiger charge is 2.09. The molecule has 0 heterocycles. The number of azo groups is 1. The Morgan fingerprint density at radius 3 is 2.35 bits per heavy atom. The van der Waals surface area contributed by atoms with Crippen molar-refractivity contribution in [2.24, 2.45) is 10.2 Å². The molecule has 3 rings (SSSR count). The molecule has 0 atom stereocenters. The van der Waals surface area contributed by atoms with Crippen LogP contribution >= 0.6 is 0 Å². The first kappa shape index (κ1) is 15.0. The number of rotatable bonds is 4. The first-order chi connectivity index (χ1) is 11.2. The van der Waals surface area contributed by atoms with Gasteiger partial charge in [-0.25, -0.2) is 0 Å². The fourth-order valence-electron chi connectivity index (χ4n) is 2.53. The second-order valence-electron chi connectivity index (χ2n) is 5.42. The average Bonchev–Trinajstić information content (AvgIpc) is 2.59. The lowest BCUT2D eigenvalue weighted by atomic mass is 10.1. The lowest BCUT2D eigenvalue weighted by Gasteiger charge is -2.16. The molecule has 0 aliphatic heterocycles. The first-order valence-electron chi connectivity index (χ1n) is 7.44. The standard InChI is InChI=1S/C19H19N3O/c1-22(2)17-13-12-14-8-4-5-9-15(14)19(17)21-20-16-10-6-7-11-18(16)23-3/h4-13H,1-3H3. The Hall–Kier alpha value is -2.88. The summed E-state index contributed by atoms with van der Waals surface area (Å²) in [6.45, 7) is 0. The summed E-state index contributed by atoms with van der Waals surface area (Å²) in [5.41, 5.74) is 2.61. The topological polar surface area (TPSA) is 37.2 Å². The maximum absolute atomic E-state index is 5.33. The summed E-state index contributed by atoms with van der Waals surface area (Å²) in [4.78, 5) is 2.04. The summed E-state index contributed by atoms with van der Waals surface area (Å²) < 4.78 is 5.33. The fraction of sp³-hybridized carbons (Fsp3) is 0.158. The molecule has 0 bridgehead atoms. The second kappa shape index (κ2) is 6.48. The molecule has 0 fully saturated rings. The fourth-order valence-corrected chi connectivity index (χ4v) is 2.53. The van der Waals surface area contributed by atoms with Gasteiger partial charge in [-0.15, -0.1) is 10.2 Å². The van der Waals surface area contributed by atoms with Crippen LogP contribution in [0.2, 0.25) is 0 Å². The second-order valence-corrected chi connectivity index (χ2v) is 5.42. The highest BCUT2D eigenvalue weighted by atomic mass is 16.5. The quantitative estimate of drug-likeness (QED) is 0.611. The van der Waals surface area contributed by atoms with Gasteiger partial charge in [0.15, 0.2) is 0 Å². The normalized spacial score (nSPS) is 11.1. The van der Waals surface area contributed by atoms with Crippen molar-refractivity contribution in [2.45, 2.75) is 0 Å². The zero-order valence-electron chi connectivity index (χ0n) is 13.5. The van der Waals surface area contributed by atoms with Crippen molar-refractivity contribution in [3.05, 3.63) is 60.7 Å². The van der Waals surface area contributed by atoms with Crippen LogP contribution < -0.4 is 9.64 Å². The van der Waals surface area contributed by atoms with E-state index in [0.717, 1.165) is 22.1 Å². The van der Waals surface area contributed by atoms with Crippen LogP contribution in [0.4, 0.5) is 17.1 Å². The number of hydrogen-bond donors (Lipinski definition) is 0. The molecule has 0 amide bonds. The van der Waals surface area contributed by atoms with Crippen LogP contribution in [0.25, 0.3) is 10.8 Å². The zero-order valence-corrected chi connectivity index (χ0v) is 13.5. The Balaban J connectivity index is 2.14. The Kier molecular flexibility index (Phi) is 4.24. The van der Waals surface area contributed by atoms with Crippen molar-refractivity contribution in [3.63, 3.8) is 0 Å². The van der Waals surface area contributed by atoms with Gasteiger partial charge in [0.1, 0.15) is 17.1 Å². The molecule has 0 N–H and O–H groups in total. The van der Waals surface area contributed by atoms with Gasteiger partial charge in [-0.2, -0.15) is 0 Å². The first-order valence-corrected chi connectivity index (χ1v) is 7.44. The van der Waals surface area contributed by atoms with Gasteiger partial charge in [0.2, 0.25) is 0 Å². The van der Waals surface area contributed by atoms with Gasteiger partial charge in [0, 0.05) is 19.5 Å². The molecule has 0 unspecified atom stereocenters. The van der Waals surface area contributed by atoms with Crippen molar-refractivity contribution in [1.29, 1.82) is 0 Å². The van der Waals surface area contributed by atoms with Crippen LogP contribution in [-0.4, -0.2) is 21.2 Å². The molecule has 116 valence electrons. The van der Waals surface area contributed by atoms with Crippen molar-refractivity contribution in [1.82, 2.24) is 0 Å². The van der Waals surface area contributed by atoms with Gasteiger partial charge >= 0.3 is 0 Å². The molecule has 3 aromatic rings. The van der Waals surface area contributed by atoms with Crippen molar-refractivity contribution in [3.8, 4) is 5.75 Å². The number of benzene rings is 3. The summed E-state index contributed by atoms with van der Waals surface area (Å²) in [6, 6.07) is 20.0. The van der Waals surface area contributed by atoms with Gasteiger partial charge in [0.05, 0.1) is 12.8 Å². The number of ether oxygens (including phenoxy) is 1. The Labute approximate surface area is 136 Å². The van der Waals surface area contributed by atoms with E-state index >= 15 is 0 Å². The molecule has 0 saturated carbocycles. The Morgan fingerprint density at radius 2 is 1.57 bits per heavy atom. The smallest absolute Gasteiger partial charge is 0.146 e. The Bertz CT molecular complexity index is 856. The molecule has 0 saturated heterocycles. The van der Waals surface area contributed by atoms with E-state index in [1.165, 1.54) is 0 Å². The van der Waals surface area contributed by atoms with Gasteiger partial charge < -0.3 is 9.64 Å². The van der Waals surface area contributed by atoms with E-state index < -0.39 is 0 Å².